The fourth-order valence-corrected chi connectivity index (χ4v) is 3.61. The number of ether oxygens (including phenoxy) is 1. The van der Waals surface area contributed by atoms with Crippen LogP contribution in [0.15, 0.2) is 39.3 Å². The van der Waals surface area contributed by atoms with Gasteiger partial charge < -0.3 is 4.74 Å². The second kappa shape index (κ2) is 11.3. The highest BCUT2D eigenvalue weighted by molar-refractivity contribution is 9.11. The van der Waals surface area contributed by atoms with Gasteiger partial charge in [0.05, 0.1) is 4.47 Å². The molecule has 0 aromatic heterocycles. The number of hydrogen-bond donors (Lipinski definition) is 2. The van der Waals surface area contributed by atoms with E-state index >= 15 is 0 Å². The van der Waals surface area contributed by atoms with Gasteiger partial charge in [-0.05, 0) is 51.3 Å². The molecule has 7 heteroatoms. The summed E-state index contributed by atoms with van der Waals surface area (Å²) in [7, 11) is 0. The van der Waals surface area contributed by atoms with Crippen molar-refractivity contribution in [2.45, 2.75) is 45.4 Å². The minimum atomic E-state index is -0.405. The van der Waals surface area contributed by atoms with Crippen LogP contribution in [0.5, 0.6) is 5.75 Å². The molecule has 0 saturated heterocycles. The number of nitrogens with one attached hydrogen (secondary N) is 2. The molecule has 0 spiro atoms. The quantitative estimate of drug-likeness (QED) is 0.365. The lowest BCUT2D eigenvalue weighted by molar-refractivity contribution is -0.130. The average Bonchev–Trinajstić information content (AvgIpc) is 2.65. The van der Waals surface area contributed by atoms with E-state index in [0.717, 1.165) is 39.0 Å². The summed E-state index contributed by atoms with van der Waals surface area (Å²) in [5, 5.41) is 2.05. The van der Waals surface area contributed by atoms with Crippen molar-refractivity contribution in [1.82, 2.24) is 10.9 Å². The SMILES string of the molecule is CCCCCCCC(=O)NNC(=O)COc1ccc2cc(Br)ccc2c1Br. The van der Waals surface area contributed by atoms with Crippen LogP contribution in [0.3, 0.4) is 0 Å². The van der Waals surface area contributed by atoms with Gasteiger partial charge in [0.2, 0.25) is 5.91 Å². The summed E-state index contributed by atoms with van der Waals surface area (Å²) in [5.41, 5.74) is 4.81. The minimum absolute atomic E-state index is 0.183. The number of carbonyl (C=O) groups is 2. The summed E-state index contributed by atoms with van der Waals surface area (Å²) < 4.78 is 7.36. The van der Waals surface area contributed by atoms with Crippen molar-refractivity contribution in [2.24, 2.45) is 0 Å². The number of carbonyl (C=O) groups excluding carboxylic acids is 2. The van der Waals surface area contributed by atoms with Crippen LogP contribution >= 0.6 is 31.9 Å². The van der Waals surface area contributed by atoms with Gasteiger partial charge in [0, 0.05) is 10.9 Å². The molecule has 0 heterocycles. The normalized spacial score (nSPS) is 10.6. The Morgan fingerprint density at radius 1 is 0.963 bits per heavy atom. The van der Waals surface area contributed by atoms with Gasteiger partial charge in [-0.2, -0.15) is 0 Å². The molecule has 0 fully saturated rings. The molecule has 2 aromatic carbocycles. The number of hydrogen-bond acceptors (Lipinski definition) is 3. The molecular formula is C20H24Br2N2O3. The number of benzene rings is 2. The molecular weight excluding hydrogens is 476 g/mol. The Hall–Kier alpha value is -1.60. The Morgan fingerprint density at radius 2 is 1.70 bits per heavy atom. The fourth-order valence-electron chi connectivity index (χ4n) is 2.62. The molecule has 0 saturated carbocycles. The molecule has 2 aromatic rings. The maximum atomic E-state index is 11.9. The van der Waals surface area contributed by atoms with Crippen LogP contribution in [-0.2, 0) is 9.59 Å². The third-order valence-corrected chi connectivity index (χ3v) is 5.40. The number of halogens is 2. The van der Waals surface area contributed by atoms with Gasteiger partial charge in [-0.3, -0.25) is 20.4 Å². The van der Waals surface area contributed by atoms with E-state index in [0.29, 0.717) is 12.2 Å². The van der Waals surface area contributed by atoms with E-state index < -0.39 is 5.91 Å². The van der Waals surface area contributed by atoms with E-state index in [1.165, 1.54) is 12.8 Å². The van der Waals surface area contributed by atoms with Gasteiger partial charge in [0.1, 0.15) is 5.75 Å². The zero-order valence-electron chi connectivity index (χ0n) is 15.3. The van der Waals surface area contributed by atoms with Gasteiger partial charge in [0.15, 0.2) is 6.61 Å². The molecule has 0 aliphatic carbocycles. The molecule has 0 aliphatic rings. The molecule has 0 atom stereocenters. The molecule has 2 rings (SSSR count). The summed E-state index contributed by atoms with van der Waals surface area (Å²) >= 11 is 6.97. The van der Waals surface area contributed by atoms with Crippen molar-refractivity contribution >= 4 is 54.4 Å². The smallest absolute Gasteiger partial charge is 0.276 e. The Labute approximate surface area is 176 Å². The van der Waals surface area contributed by atoms with E-state index in [1.54, 1.807) is 6.07 Å². The Bertz CT molecular complexity index is 796. The molecule has 0 radical (unpaired) electrons. The predicted molar refractivity (Wildman–Crippen MR) is 115 cm³/mol. The fraction of sp³-hybridized carbons (Fsp3) is 0.400. The van der Waals surface area contributed by atoms with Gasteiger partial charge >= 0.3 is 0 Å². The van der Waals surface area contributed by atoms with Crippen LogP contribution in [0.1, 0.15) is 45.4 Å². The predicted octanol–water partition coefficient (Wildman–Crippen LogP) is 5.25. The van der Waals surface area contributed by atoms with Gasteiger partial charge in [0.25, 0.3) is 5.91 Å². The molecule has 2 N–H and O–H groups in total. The third-order valence-electron chi connectivity index (χ3n) is 4.09. The average molecular weight is 500 g/mol. The number of hydrazine groups is 1. The lowest BCUT2D eigenvalue weighted by atomic mass is 10.1. The lowest BCUT2D eigenvalue weighted by Gasteiger charge is -2.11. The number of fused-ring (bicyclic) bond motifs is 1. The van der Waals surface area contributed by atoms with Crippen molar-refractivity contribution in [3.63, 3.8) is 0 Å². The molecule has 0 unspecified atom stereocenters. The number of unbranched alkanes of at least 4 members (excludes halogenated alkanes) is 4. The van der Waals surface area contributed by atoms with E-state index in [1.807, 2.05) is 24.3 Å². The highest BCUT2D eigenvalue weighted by Gasteiger charge is 2.10. The van der Waals surface area contributed by atoms with Crippen LogP contribution in [0.4, 0.5) is 0 Å². The largest absolute Gasteiger partial charge is 0.483 e. The second-order valence-corrected chi connectivity index (χ2v) is 8.00. The summed E-state index contributed by atoms with van der Waals surface area (Å²) in [6.45, 7) is 1.97. The zero-order valence-corrected chi connectivity index (χ0v) is 18.5. The monoisotopic (exact) mass is 498 g/mol. The molecule has 146 valence electrons. The molecule has 2 amide bonds. The van der Waals surface area contributed by atoms with Crippen molar-refractivity contribution < 1.29 is 14.3 Å². The third kappa shape index (κ3) is 7.14. The van der Waals surface area contributed by atoms with Crippen molar-refractivity contribution in [1.29, 1.82) is 0 Å². The Morgan fingerprint density at radius 3 is 2.48 bits per heavy atom. The maximum Gasteiger partial charge on any atom is 0.276 e. The first-order chi connectivity index (χ1) is 13.0. The Kier molecular flexibility index (Phi) is 9.07. The summed E-state index contributed by atoms with van der Waals surface area (Å²) in [5.74, 6) is -0.0170. The highest BCUT2D eigenvalue weighted by atomic mass is 79.9. The first-order valence-electron chi connectivity index (χ1n) is 9.09. The number of rotatable bonds is 9. The second-order valence-electron chi connectivity index (χ2n) is 6.29. The summed E-state index contributed by atoms with van der Waals surface area (Å²) in [6.07, 6.45) is 5.78. The van der Waals surface area contributed by atoms with Crippen LogP contribution in [0.2, 0.25) is 0 Å². The van der Waals surface area contributed by atoms with Gasteiger partial charge in [-0.1, -0.05) is 60.7 Å². The molecule has 0 bridgehead atoms. The summed E-state index contributed by atoms with van der Waals surface area (Å²) in [6, 6.07) is 9.66. The first kappa shape index (κ1) is 21.7. The van der Waals surface area contributed by atoms with Crippen molar-refractivity contribution in [3.05, 3.63) is 39.3 Å². The minimum Gasteiger partial charge on any atom is -0.483 e. The molecule has 0 aliphatic heterocycles. The maximum absolute atomic E-state index is 11.9. The number of amides is 2. The highest BCUT2D eigenvalue weighted by Crippen LogP contribution is 2.34. The first-order valence-corrected chi connectivity index (χ1v) is 10.7. The van der Waals surface area contributed by atoms with Crippen LogP contribution in [0, 0.1) is 0 Å². The molecule has 5 nitrogen and oxygen atoms in total. The summed E-state index contributed by atoms with van der Waals surface area (Å²) in [4.78, 5) is 23.6. The topological polar surface area (TPSA) is 67.4 Å². The Balaban J connectivity index is 1.75. The van der Waals surface area contributed by atoms with E-state index in [-0.39, 0.29) is 12.5 Å². The van der Waals surface area contributed by atoms with E-state index in [9.17, 15) is 9.59 Å². The van der Waals surface area contributed by atoms with Gasteiger partial charge in [-0.15, -0.1) is 0 Å². The van der Waals surface area contributed by atoms with E-state index in [4.69, 9.17) is 4.74 Å². The van der Waals surface area contributed by atoms with Crippen LogP contribution in [-0.4, -0.2) is 18.4 Å². The molecule has 27 heavy (non-hydrogen) atoms. The lowest BCUT2D eigenvalue weighted by Crippen LogP contribution is -2.43. The standard InChI is InChI=1S/C20H24Br2N2O3/c1-2-3-4-5-6-7-18(25)23-24-19(26)13-27-17-11-8-14-12-15(21)9-10-16(14)20(17)22/h8-12H,2-7,13H2,1H3,(H,23,25)(H,24,26). The van der Waals surface area contributed by atoms with Crippen LogP contribution < -0.4 is 15.6 Å². The van der Waals surface area contributed by atoms with Crippen molar-refractivity contribution in [3.8, 4) is 5.75 Å². The van der Waals surface area contributed by atoms with E-state index in [2.05, 4.69) is 49.6 Å². The van der Waals surface area contributed by atoms with Gasteiger partial charge in [-0.25, -0.2) is 0 Å². The van der Waals surface area contributed by atoms with Crippen molar-refractivity contribution in [2.75, 3.05) is 6.61 Å². The van der Waals surface area contributed by atoms with Crippen LogP contribution in [0.25, 0.3) is 10.8 Å². The zero-order chi connectivity index (χ0) is 19.6.